The summed E-state index contributed by atoms with van der Waals surface area (Å²) in [5.74, 6) is 2.35. The molecule has 18 heavy (non-hydrogen) atoms. The van der Waals surface area contributed by atoms with Crippen LogP contribution in [-0.4, -0.2) is 31.4 Å². The molecule has 3 rings (SSSR count). The smallest absolute Gasteiger partial charge is 0.165 e. The third-order valence-corrected chi connectivity index (χ3v) is 3.65. The minimum atomic E-state index is 0.324. The zero-order valence-electron chi connectivity index (χ0n) is 10.4. The third kappa shape index (κ3) is 2.38. The molecule has 4 nitrogen and oxygen atoms in total. The summed E-state index contributed by atoms with van der Waals surface area (Å²) in [5, 5.41) is 13.4. The number of hydrogen-bond acceptors (Lipinski definition) is 4. The molecular formula is C14H19NO3. The average molecular weight is 249 g/mol. The van der Waals surface area contributed by atoms with Gasteiger partial charge in [-0.25, -0.2) is 0 Å². The average Bonchev–Trinajstić information content (AvgIpc) is 2.41. The molecule has 1 fully saturated rings. The van der Waals surface area contributed by atoms with Gasteiger partial charge in [0.1, 0.15) is 19.0 Å². The van der Waals surface area contributed by atoms with E-state index in [1.54, 1.807) is 6.07 Å². The van der Waals surface area contributed by atoms with Gasteiger partial charge < -0.3 is 19.9 Å². The van der Waals surface area contributed by atoms with Gasteiger partial charge in [0, 0.05) is 6.07 Å². The highest BCUT2D eigenvalue weighted by Gasteiger charge is 2.19. The fourth-order valence-corrected chi connectivity index (χ4v) is 2.69. The van der Waals surface area contributed by atoms with E-state index in [0.29, 0.717) is 30.6 Å². The SMILES string of the molecule is Oc1cc2c(cc1CC1CCCNC1)OCCO2. The van der Waals surface area contributed by atoms with Crippen LogP contribution in [0, 0.1) is 5.92 Å². The summed E-state index contributed by atoms with van der Waals surface area (Å²) >= 11 is 0. The van der Waals surface area contributed by atoms with Crippen LogP contribution in [-0.2, 0) is 6.42 Å². The monoisotopic (exact) mass is 249 g/mol. The maximum absolute atomic E-state index is 10.0. The predicted octanol–water partition coefficient (Wildman–Crippen LogP) is 1.71. The first kappa shape index (κ1) is 11.7. The van der Waals surface area contributed by atoms with Gasteiger partial charge in [0.05, 0.1) is 0 Å². The van der Waals surface area contributed by atoms with Gasteiger partial charge in [-0.2, -0.15) is 0 Å². The van der Waals surface area contributed by atoms with Crippen LogP contribution in [0.3, 0.4) is 0 Å². The lowest BCUT2D eigenvalue weighted by Crippen LogP contribution is -2.30. The van der Waals surface area contributed by atoms with Crippen LogP contribution >= 0.6 is 0 Å². The number of benzene rings is 1. The molecular weight excluding hydrogens is 230 g/mol. The van der Waals surface area contributed by atoms with Crippen LogP contribution in [0.1, 0.15) is 18.4 Å². The number of phenolic OH excluding ortho intramolecular Hbond substituents is 1. The molecule has 2 N–H and O–H groups in total. The Kier molecular flexibility index (Phi) is 3.28. The molecule has 98 valence electrons. The van der Waals surface area contributed by atoms with Crippen LogP contribution in [0.25, 0.3) is 0 Å². The lowest BCUT2D eigenvalue weighted by molar-refractivity contribution is 0.170. The van der Waals surface area contributed by atoms with Crippen LogP contribution in [0.4, 0.5) is 0 Å². The Morgan fingerprint density at radius 2 is 2.00 bits per heavy atom. The highest BCUT2D eigenvalue weighted by atomic mass is 16.6. The summed E-state index contributed by atoms with van der Waals surface area (Å²) < 4.78 is 11.0. The first-order chi connectivity index (χ1) is 8.83. The topological polar surface area (TPSA) is 50.7 Å². The van der Waals surface area contributed by atoms with Gasteiger partial charge in [-0.1, -0.05) is 0 Å². The van der Waals surface area contributed by atoms with Gasteiger partial charge >= 0.3 is 0 Å². The number of rotatable bonds is 2. The van der Waals surface area contributed by atoms with Crippen molar-refractivity contribution in [3.8, 4) is 17.2 Å². The van der Waals surface area contributed by atoms with Gasteiger partial charge in [0.2, 0.25) is 0 Å². The van der Waals surface area contributed by atoms with Crippen molar-refractivity contribution in [2.75, 3.05) is 26.3 Å². The van der Waals surface area contributed by atoms with E-state index in [-0.39, 0.29) is 0 Å². The predicted molar refractivity (Wildman–Crippen MR) is 68.4 cm³/mol. The summed E-state index contributed by atoms with van der Waals surface area (Å²) in [6.45, 7) is 3.29. The quantitative estimate of drug-likeness (QED) is 0.837. The van der Waals surface area contributed by atoms with Crippen molar-refractivity contribution >= 4 is 0 Å². The summed E-state index contributed by atoms with van der Waals surface area (Å²) in [6.07, 6.45) is 3.34. The number of ether oxygens (including phenoxy) is 2. The Labute approximate surface area is 107 Å². The van der Waals surface area contributed by atoms with Gasteiger partial charge in [0.15, 0.2) is 11.5 Å². The molecule has 1 aromatic carbocycles. The van der Waals surface area contributed by atoms with E-state index in [4.69, 9.17) is 9.47 Å². The second-order valence-electron chi connectivity index (χ2n) is 5.04. The van der Waals surface area contributed by atoms with E-state index >= 15 is 0 Å². The fourth-order valence-electron chi connectivity index (χ4n) is 2.69. The number of nitrogens with one attached hydrogen (secondary N) is 1. The highest BCUT2D eigenvalue weighted by molar-refractivity contribution is 5.50. The van der Waals surface area contributed by atoms with Crippen LogP contribution in [0.5, 0.6) is 17.2 Å². The second-order valence-corrected chi connectivity index (χ2v) is 5.04. The summed E-state index contributed by atoms with van der Waals surface area (Å²) in [4.78, 5) is 0. The lowest BCUT2D eigenvalue weighted by Gasteiger charge is -2.24. The number of aromatic hydroxyl groups is 1. The summed E-state index contributed by atoms with van der Waals surface area (Å²) in [6, 6.07) is 3.61. The largest absolute Gasteiger partial charge is 0.508 e. The fraction of sp³-hybridized carbons (Fsp3) is 0.571. The van der Waals surface area contributed by atoms with Crippen molar-refractivity contribution in [1.82, 2.24) is 5.32 Å². The molecule has 0 aliphatic carbocycles. The molecule has 2 aliphatic heterocycles. The van der Waals surface area contributed by atoms with E-state index in [1.165, 1.54) is 12.8 Å². The third-order valence-electron chi connectivity index (χ3n) is 3.65. The molecule has 1 atom stereocenters. The molecule has 1 unspecified atom stereocenters. The minimum Gasteiger partial charge on any atom is -0.508 e. The van der Waals surface area contributed by atoms with Crippen LogP contribution < -0.4 is 14.8 Å². The van der Waals surface area contributed by atoms with Crippen molar-refractivity contribution in [1.29, 1.82) is 0 Å². The molecule has 0 radical (unpaired) electrons. The standard InChI is InChI=1S/C14H19NO3/c16-12-8-14-13(17-4-5-18-14)7-11(12)6-10-2-1-3-15-9-10/h7-8,10,15-16H,1-6,9H2. The van der Waals surface area contributed by atoms with Crippen molar-refractivity contribution in [2.45, 2.75) is 19.3 Å². The molecule has 0 bridgehead atoms. The molecule has 2 heterocycles. The summed E-state index contributed by atoms with van der Waals surface area (Å²) in [7, 11) is 0. The van der Waals surface area contributed by atoms with Crippen LogP contribution in [0.2, 0.25) is 0 Å². The van der Waals surface area contributed by atoms with E-state index < -0.39 is 0 Å². The van der Waals surface area contributed by atoms with E-state index in [1.807, 2.05) is 6.07 Å². The number of phenols is 1. The Hall–Kier alpha value is -1.42. The normalized spacial score (nSPS) is 22.8. The van der Waals surface area contributed by atoms with Gasteiger partial charge in [-0.15, -0.1) is 0 Å². The van der Waals surface area contributed by atoms with Crippen molar-refractivity contribution in [3.63, 3.8) is 0 Å². The van der Waals surface area contributed by atoms with Crippen LogP contribution in [0.15, 0.2) is 12.1 Å². The van der Waals surface area contributed by atoms with E-state index in [2.05, 4.69) is 5.32 Å². The Bertz CT molecular complexity index is 427. The molecule has 2 aliphatic rings. The lowest BCUT2D eigenvalue weighted by atomic mass is 9.92. The molecule has 4 heteroatoms. The van der Waals surface area contributed by atoms with Crippen molar-refractivity contribution < 1.29 is 14.6 Å². The van der Waals surface area contributed by atoms with Gasteiger partial charge in [-0.3, -0.25) is 0 Å². The zero-order valence-corrected chi connectivity index (χ0v) is 10.4. The number of hydrogen-bond donors (Lipinski definition) is 2. The number of fused-ring (bicyclic) bond motifs is 1. The summed E-state index contributed by atoms with van der Waals surface area (Å²) in [5.41, 5.74) is 0.966. The van der Waals surface area contributed by atoms with Crippen molar-refractivity contribution in [2.24, 2.45) is 5.92 Å². The second kappa shape index (κ2) is 5.06. The Balaban J connectivity index is 1.78. The Morgan fingerprint density at radius 1 is 1.22 bits per heavy atom. The Morgan fingerprint density at radius 3 is 2.72 bits per heavy atom. The molecule has 1 saturated heterocycles. The molecule has 0 spiro atoms. The highest BCUT2D eigenvalue weighted by Crippen LogP contribution is 2.37. The molecule has 0 aromatic heterocycles. The minimum absolute atomic E-state index is 0.324. The van der Waals surface area contributed by atoms with E-state index in [0.717, 1.165) is 30.8 Å². The maximum atomic E-state index is 10.0. The first-order valence-electron chi connectivity index (χ1n) is 6.65. The molecule has 1 aromatic rings. The maximum Gasteiger partial charge on any atom is 0.165 e. The zero-order chi connectivity index (χ0) is 12.4. The first-order valence-corrected chi connectivity index (χ1v) is 6.65. The molecule has 0 saturated carbocycles. The number of piperidine rings is 1. The van der Waals surface area contributed by atoms with Gasteiger partial charge in [0.25, 0.3) is 0 Å². The van der Waals surface area contributed by atoms with Gasteiger partial charge in [-0.05, 0) is 49.9 Å². The van der Waals surface area contributed by atoms with E-state index in [9.17, 15) is 5.11 Å². The molecule has 0 amide bonds. The van der Waals surface area contributed by atoms with Crippen molar-refractivity contribution in [3.05, 3.63) is 17.7 Å².